The molecule has 0 saturated carbocycles. The zero-order valence-corrected chi connectivity index (χ0v) is 20.7. The number of para-hydroxylation sites is 2. The summed E-state index contributed by atoms with van der Waals surface area (Å²) in [4.78, 5) is 23.1. The first-order chi connectivity index (χ1) is 17.7. The Morgan fingerprint density at radius 1 is 0.865 bits per heavy atom. The van der Waals surface area contributed by atoms with Crippen molar-refractivity contribution in [3.8, 4) is 11.5 Å². The van der Waals surface area contributed by atoms with Gasteiger partial charge in [0.2, 0.25) is 5.91 Å². The smallest absolute Gasteiger partial charge is 0.289 e. The molecule has 37 heavy (non-hydrogen) atoms. The molecule has 0 aliphatic carbocycles. The Hall–Kier alpha value is -4.41. The van der Waals surface area contributed by atoms with E-state index in [1.54, 1.807) is 66.7 Å². The van der Waals surface area contributed by atoms with Crippen molar-refractivity contribution >= 4 is 44.6 Å². The molecule has 1 amide bonds. The number of rotatable bonds is 9. The molecule has 9 nitrogen and oxygen atoms in total. The van der Waals surface area contributed by atoms with Gasteiger partial charge in [0.15, 0.2) is 4.90 Å². The van der Waals surface area contributed by atoms with Gasteiger partial charge >= 0.3 is 0 Å². The summed E-state index contributed by atoms with van der Waals surface area (Å²) in [6, 6.07) is 26.2. The van der Waals surface area contributed by atoms with Gasteiger partial charge in [-0.2, -0.15) is 0 Å². The van der Waals surface area contributed by atoms with Crippen LogP contribution < -0.4 is 14.4 Å². The molecule has 0 saturated heterocycles. The number of nitrogens with one attached hydrogen (secondary N) is 1. The normalized spacial score (nSPS) is 10.9. The molecule has 188 valence electrons. The van der Waals surface area contributed by atoms with E-state index in [0.717, 1.165) is 16.4 Å². The molecule has 0 heterocycles. The maximum atomic E-state index is 13.5. The summed E-state index contributed by atoms with van der Waals surface area (Å²) >= 11 is 5.88. The van der Waals surface area contributed by atoms with Crippen molar-refractivity contribution in [2.75, 3.05) is 16.2 Å². The van der Waals surface area contributed by atoms with Crippen molar-refractivity contribution in [1.82, 2.24) is 0 Å². The Labute approximate surface area is 218 Å². The highest BCUT2D eigenvalue weighted by Gasteiger charge is 2.33. The van der Waals surface area contributed by atoms with Crippen molar-refractivity contribution in [3.05, 3.63) is 118 Å². The minimum atomic E-state index is -4.46. The largest absolute Gasteiger partial charge is 0.457 e. The third kappa shape index (κ3) is 6.24. The number of carbonyl (C=O) groups is 1. The number of ether oxygens (including phenoxy) is 1. The average molecular weight is 538 g/mol. The van der Waals surface area contributed by atoms with Gasteiger partial charge in [0, 0.05) is 16.8 Å². The molecule has 0 aliphatic rings. The van der Waals surface area contributed by atoms with Gasteiger partial charge in [-0.1, -0.05) is 41.9 Å². The Balaban J connectivity index is 1.54. The van der Waals surface area contributed by atoms with Crippen LogP contribution in [-0.4, -0.2) is 25.8 Å². The topological polar surface area (TPSA) is 119 Å². The summed E-state index contributed by atoms with van der Waals surface area (Å²) in [6.45, 7) is -0.610. The number of hydrogen-bond donors (Lipinski definition) is 1. The molecule has 0 unspecified atom stereocenters. The maximum Gasteiger partial charge on any atom is 0.289 e. The van der Waals surface area contributed by atoms with Crippen molar-refractivity contribution in [2.24, 2.45) is 0 Å². The standard InChI is InChI=1S/C26H20ClN3O6S/c27-19-10-14-22(15-11-19)36-23-16-12-20(13-17-23)28-26(31)18-29(21-6-2-1-3-7-21)37(34,35)25-9-5-4-8-24(25)30(32)33/h1-17H,18H2,(H,28,31). The SMILES string of the molecule is O=C(CN(c1ccccc1)S(=O)(=O)c1ccccc1[N+](=O)[O-])Nc1ccc(Oc2ccc(Cl)cc2)cc1. The molecule has 4 aromatic rings. The predicted molar refractivity (Wildman–Crippen MR) is 141 cm³/mol. The summed E-state index contributed by atoms with van der Waals surface area (Å²) in [7, 11) is -4.46. The third-order valence-electron chi connectivity index (χ3n) is 5.15. The van der Waals surface area contributed by atoms with Gasteiger partial charge in [0.25, 0.3) is 15.7 Å². The van der Waals surface area contributed by atoms with Crippen molar-refractivity contribution in [3.63, 3.8) is 0 Å². The number of amides is 1. The summed E-state index contributed by atoms with van der Waals surface area (Å²) in [5, 5.41) is 14.7. The Morgan fingerprint density at radius 2 is 1.43 bits per heavy atom. The minimum Gasteiger partial charge on any atom is -0.457 e. The minimum absolute atomic E-state index is 0.183. The van der Waals surface area contributed by atoms with Crippen molar-refractivity contribution < 1.29 is 22.9 Å². The van der Waals surface area contributed by atoms with Gasteiger partial charge in [-0.05, 0) is 66.7 Å². The highest BCUT2D eigenvalue weighted by Crippen LogP contribution is 2.30. The first-order valence-electron chi connectivity index (χ1n) is 10.9. The summed E-state index contributed by atoms with van der Waals surface area (Å²) in [5.74, 6) is 0.461. The average Bonchev–Trinajstić information content (AvgIpc) is 2.90. The molecular weight excluding hydrogens is 518 g/mol. The molecule has 4 rings (SSSR count). The highest BCUT2D eigenvalue weighted by atomic mass is 35.5. The van der Waals surface area contributed by atoms with E-state index in [-0.39, 0.29) is 5.69 Å². The van der Waals surface area contributed by atoms with Gasteiger partial charge in [-0.15, -0.1) is 0 Å². The number of hydrogen-bond acceptors (Lipinski definition) is 6. The molecular formula is C26H20ClN3O6S. The van der Waals surface area contributed by atoms with Gasteiger partial charge in [-0.25, -0.2) is 8.42 Å². The molecule has 0 radical (unpaired) electrons. The van der Waals surface area contributed by atoms with Crippen LogP contribution in [0.15, 0.2) is 108 Å². The van der Waals surface area contributed by atoms with E-state index in [1.807, 2.05) is 0 Å². The van der Waals surface area contributed by atoms with Crippen LogP contribution in [0.25, 0.3) is 0 Å². The molecule has 1 N–H and O–H groups in total. The Bertz CT molecular complexity index is 1510. The van der Waals surface area contributed by atoms with Crippen molar-refractivity contribution in [1.29, 1.82) is 0 Å². The summed E-state index contributed by atoms with van der Waals surface area (Å²) < 4.78 is 33.6. The second-order valence-corrected chi connectivity index (χ2v) is 9.97. The van der Waals surface area contributed by atoms with Crippen LogP contribution in [0.5, 0.6) is 11.5 Å². The highest BCUT2D eigenvalue weighted by molar-refractivity contribution is 7.93. The zero-order valence-electron chi connectivity index (χ0n) is 19.2. The van der Waals surface area contributed by atoms with Crippen LogP contribution in [0.3, 0.4) is 0 Å². The van der Waals surface area contributed by atoms with Crippen LogP contribution in [-0.2, 0) is 14.8 Å². The van der Waals surface area contributed by atoms with Crippen LogP contribution in [0.1, 0.15) is 0 Å². The zero-order chi connectivity index (χ0) is 26.4. The number of anilines is 2. The van der Waals surface area contributed by atoms with Gasteiger partial charge in [0.05, 0.1) is 10.6 Å². The number of carbonyl (C=O) groups excluding carboxylic acids is 1. The van der Waals surface area contributed by atoms with Crippen LogP contribution >= 0.6 is 11.6 Å². The molecule has 4 aromatic carbocycles. The second kappa shape index (κ2) is 11.1. The molecule has 0 spiro atoms. The predicted octanol–water partition coefficient (Wildman–Crippen LogP) is 5.87. The van der Waals surface area contributed by atoms with E-state index in [9.17, 15) is 23.3 Å². The van der Waals surface area contributed by atoms with E-state index in [0.29, 0.717) is 22.2 Å². The number of nitro benzene ring substituents is 1. The summed E-state index contributed by atoms with van der Waals surface area (Å²) in [6.07, 6.45) is 0. The number of nitro groups is 1. The second-order valence-electron chi connectivity index (χ2n) is 7.70. The third-order valence-corrected chi connectivity index (χ3v) is 7.22. The Kier molecular flexibility index (Phi) is 7.71. The van der Waals surface area contributed by atoms with E-state index in [1.165, 1.54) is 24.3 Å². The lowest BCUT2D eigenvalue weighted by molar-refractivity contribution is -0.387. The molecule has 0 fully saturated rings. The molecule has 0 aromatic heterocycles. The summed E-state index contributed by atoms with van der Waals surface area (Å²) in [5.41, 5.74) is 0.00665. The van der Waals surface area contributed by atoms with E-state index in [2.05, 4.69) is 5.32 Å². The van der Waals surface area contributed by atoms with Crippen molar-refractivity contribution in [2.45, 2.75) is 4.90 Å². The fourth-order valence-corrected chi connectivity index (χ4v) is 5.14. The number of nitrogens with zero attached hydrogens (tertiary/aromatic N) is 2. The van der Waals surface area contributed by atoms with Gasteiger partial charge in [-0.3, -0.25) is 19.2 Å². The van der Waals surface area contributed by atoms with E-state index < -0.39 is 38.0 Å². The lowest BCUT2D eigenvalue weighted by atomic mass is 10.3. The first kappa shape index (κ1) is 25.7. The molecule has 0 aliphatic heterocycles. The van der Waals surface area contributed by atoms with E-state index >= 15 is 0 Å². The fourth-order valence-electron chi connectivity index (χ4n) is 3.43. The van der Waals surface area contributed by atoms with E-state index in [4.69, 9.17) is 16.3 Å². The Morgan fingerprint density at radius 3 is 2.05 bits per heavy atom. The van der Waals surface area contributed by atoms with Gasteiger partial charge < -0.3 is 10.1 Å². The van der Waals surface area contributed by atoms with Crippen LogP contribution in [0, 0.1) is 10.1 Å². The maximum absolute atomic E-state index is 13.5. The number of benzene rings is 4. The van der Waals surface area contributed by atoms with Crippen LogP contribution in [0.2, 0.25) is 5.02 Å². The lowest BCUT2D eigenvalue weighted by Gasteiger charge is -2.24. The number of halogens is 1. The number of sulfonamides is 1. The molecule has 0 atom stereocenters. The van der Waals surface area contributed by atoms with Gasteiger partial charge in [0.1, 0.15) is 18.0 Å². The fraction of sp³-hybridized carbons (Fsp3) is 0.0385. The van der Waals surface area contributed by atoms with Crippen LogP contribution in [0.4, 0.5) is 17.1 Å². The molecule has 11 heteroatoms. The lowest BCUT2D eigenvalue weighted by Crippen LogP contribution is -2.38. The monoisotopic (exact) mass is 537 g/mol. The molecule has 0 bridgehead atoms. The first-order valence-corrected chi connectivity index (χ1v) is 12.7. The quantitative estimate of drug-likeness (QED) is 0.210.